The van der Waals surface area contributed by atoms with E-state index in [1.807, 2.05) is 0 Å². The van der Waals surface area contributed by atoms with Gasteiger partial charge in [0.1, 0.15) is 5.69 Å². The molecule has 0 radical (unpaired) electrons. The van der Waals surface area contributed by atoms with E-state index in [-0.39, 0.29) is 18.1 Å². The average Bonchev–Trinajstić information content (AvgIpc) is 3.28. The normalized spacial score (nSPS) is 20.0. The average molecular weight is 299 g/mol. The lowest BCUT2D eigenvalue weighted by Gasteiger charge is -2.17. The molecule has 1 aromatic heterocycles. The van der Waals surface area contributed by atoms with Gasteiger partial charge in [-0.15, -0.1) is 0 Å². The third-order valence-corrected chi connectivity index (χ3v) is 4.08. The van der Waals surface area contributed by atoms with Crippen molar-refractivity contribution in [2.24, 2.45) is 5.92 Å². The van der Waals surface area contributed by atoms with Crippen LogP contribution in [0.1, 0.15) is 36.9 Å². The van der Waals surface area contributed by atoms with Crippen molar-refractivity contribution < 1.29 is 18.0 Å². The monoisotopic (exact) mass is 299 g/mol. The van der Waals surface area contributed by atoms with Crippen molar-refractivity contribution in [3.05, 3.63) is 29.6 Å². The maximum absolute atomic E-state index is 12.5. The minimum Gasteiger partial charge on any atom is -0.334 e. The minimum atomic E-state index is -4.47. The van der Waals surface area contributed by atoms with E-state index in [4.69, 9.17) is 0 Å². The number of rotatable bonds is 4. The van der Waals surface area contributed by atoms with E-state index >= 15 is 0 Å². The maximum Gasteiger partial charge on any atom is 0.433 e. The number of carbonyl (C=O) groups excluding carboxylic acids is 1. The summed E-state index contributed by atoms with van der Waals surface area (Å²) in [4.78, 5) is 15.1. The van der Waals surface area contributed by atoms with Gasteiger partial charge in [-0.3, -0.25) is 4.98 Å². The predicted octanol–water partition coefficient (Wildman–Crippen LogP) is 2.84. The highest BCUT2D eigenvalue weighted by Gasteiger charge is 2.54. The van der Waals surface area contributed by atoms with Crippen molar-refractivity contribution in [1.29, 1.82) is 0 Å². The van der Waals surface area contributed by atoms with Gasteiger partial charge < -0.3 is 10.6 Å². The van der Waals surface area contributed by atoms with Crippen molar-refractivity contribution in [3.8, 4) is 0 Å². The van der Waals surface area contributed by atoms with Gasteiger partial charge in [-0.2, -0.15) is 13.2 Å². The summed E-state index contributed by atoms with van der Waals surface area (Å²) in [6.45, 7) is 0.0537. The third-order valence-electron chi connectivity index (χ3n) is 4.08. The number of alkyl halides is 3. The second-order valence-corrected chi connectivity index (χ2v) is 5.79. The number of aromatic nitrogens is 1. The molecule has 4 nitrogen and oxygen atoms in total. The van der Waals surface area contributed by atoms with Crippen LogP contribution in [0.15, 0.2) is 18.3 Å². The van der Waals surface area contributed by atoms with E-state index in [1.165, 1.54) is 6.07 Å². The van der Waals surface area contributed by atoms with Crippen molar-refractivity contribution in [1.82, 2.24) is 15.6 Å². The highest BCUT2D eigenvalue weighted by molar-refractivity contribution is 5.75. The summed E-state index contributed by atoms with van der Waals surface area (Å²) in [5.74, 6) is 0.584. The minimum absolute atomic E-state index is 0.0422. The van der Waals surface area contributed by atoms with Crippen LogP contribution in [0.2, 0.25) is 0 Å². The quantitative estimate of drug-likeness (QED) is 0.898. The molecule has 7 heteroatoms. The maximum atomic E-state index is 12.5. The lowest BCUT2D eigenvalue weighted by molar-refractivity contribution is -0.141. The van der Waals surface area contributed by atoms with Crippen LogP contribution in [0, 0.1) is 5.92 Å². The number of amides is 2. The molecule has 0 aliphatic heterocycles. The molecule has 0 bridgehead atoms. The topological polar surface area (TPSA) is 54.0 Å². The molecule has 1 aromatic rings. The molecule has 0 spiro atoms. The summed E-state index contributed by atoms with van der Waals surface area (Å²) in [6, 6.07) is 2.10. The zero-order chi connectivity index (χ0) is 15.1. The Morgan fingerprint density at radius 1 is 1.38 bits per heavy atom. The lowest BCUT2D eigenvalue weighted by atomic mass is 10.1. The third kappa shape index (κ3) is 3.28. The molecule has 3 rings (SSSR count). The number of urea groups is 1. The number of hydrogen-bond acceptors (Lipinski definition) is 2. The highest BCUT2D eigenvalue weighted by atomic mass is 19.4. The Kier molecular flexibility index (Phi) is 3.30. The van der Waals surface area contributed by atoms with Gasteiger partial charge in [0.25, 0.3) is 0 Å². The van der Waals surface area contributed by atoms with Crippen LogP contribution in [0.3, 0.4) is 0 Å². The number of nitrogens with one attached hydrogen (secondary N) is 2. The largest absolute Gasteiger partial charge is 0.433 e. The molecule has 2 N–H and O–H groups in total. The van der Waals surface area contributed by atoms with E-state index in [0.717, 1.165) is 37.9 Å². The molecule has 21 heavy (non-hydrogen) atoms. The fraction of sp³-hybridized carbons (Fsp3) is 0.571. The van der Waals surface area contributed by atoms with E-state index in [0.29, 0.717) is 11.5 Å². The van der Waals surface area contributed by atoms with Gasteiger partial charge in [-0.1, -0.05) is 0 Å². The number of carbonyl (C=O) groups is 1. The summed E-state index contributed by atoms with van der Waals surface area (Å²) in [7, 11) is 0. The molecule has 1 heterocycles. The van der Waals surface area contributed by atoms with Crippen LogP contribution < -0.4 is 10.6 Å². The number of halogens is 3. The zero-order valence-corrected chi connectivity index (χ0v) is 11.3. The van der Waals surface area contributed by atoms with Crippen LogP contribution in [0.5, 0.6) is 0 Å². The SMILES string of the molecule is O=C(NCc1ccnc(C(F)(F)F)c1)NC1(C2CC2)CC1. The Hall–Kier alpha value is -1.79. The molecule has 2 amide bonds. The Labute approximate surface area is 120 Å². The fourth-order valence-electron chi connectivity index (χ4n) is 2.60. The Balaban J connectivity index is 1.54. The van der Waals surface area contributed by atoms with Gasteiger partial charge in [-0.05, 0) is 49.3 Å². The Morgan fingerprint density at radius 2 is 2.10 bits per heavy atom. The van der Waals surface area contributed by atoms with Gasteiger partial charge in [0.15, 0.2) is 0 Å². The van der Waals surface area contributed by atoms with Crippen molar-refractivity contribution in [2.75, 3.05) is 0 Å². The van der Waals surface area contributed by atoms with Crippen molar-refractivity contribution in [3.63, 3.8) is 0 Å². The summed E-state index contributed by atoms with van der Waals surface area (Å²) in [5.41, 5.74) is -0.609. The molecule has 2 fully saturated rings. The van der Waals surface area contributed by atoms with Gasteiger partial charge in [0.2, 0.25) is 0 Å². The first-order valence-corrected chi connectivity index (χ1v) is 6.97. The molecule has 2 aliphatic rings. The van der Waals surface area contributed by atoms with E-state index in [1.54, 1.807) is 0 Å². The fourth-order valence-corrected chi connectivity index (χ4v) is 2.60. The number of pyridine rings is 1. The standard InChI is InChI=1S/C14H16F3N3O/c15-14(16,17)11-7-9(3-6-18-11)8-19-12(21)20-13(4-5-13)10-1-2-10/h3,6-7,10H,1-2,4-5,8H2,(H2,19,20,21). The molecule has 0 atom stereocenters. The van der Waals surface area contributed by atoms with Gasteiger partial charge >= 0.3 is 12.2 Å². The molecular weight excluding hydrogens is 283 g/mol. The smallest absolute Gasteiger partial charge is 0.334 e. The van der Waals surface area contributed by atoms with Crippen LogP contribution in [-0.2, 0) is 12.7 Å². The second-order valence-electron chi connectivity index (χ2n) is 5.79. The first-order valence-electron chi connectivity index (χ1n) is 6.97. The van der Waals surface area contributed by atoms with Gasteiger partial charge in [-0.25, -0.2) is 4.79 Å². The summed E-state index contributed by atoms with van der Waals surface area (Å²) < 4.78 is 37.6. The Morgan fingerprint density at radius 3 is 2.67 bits per heavy atom. The predicted molar refractivity (Wildman–Crippen MR) is 69.3 cm³/mol. The van der Waals surface area contributed by atoms with Crippen molar-refractivity contribution >= 4 is 6.03 Å². The first-order chi connectivity index (χ1) is 9.89. The summed E-state index contributed by atoms with van der Waals surface area (Å²) >= 11 is 0. The number of nitrogens with zero attached hydrogens (tertiary/aromatic N) is 1. The van der Waals surface area contributed by atoms with Crippen LogP contribution in [0.25, 0.3) is 0 Å². The molecule has 0 saturated heterocycles. The summed E-state index contributed by atoms with van der Waals surface area (Å²) in [5, 5.41) is 5.57. The molecule has 114 valence electrons. The highest BCUT2D eigenvalue weighted by Crippen LogP contribution is 2.53. The van der Waals surface area contributed by atoms with Crippen LogP contribution >= 0.6 is 0 Å². The van der Waals surface area contributed by atoms with Crippen LogP contribution in [0.4, 0.5) is 18.0 Å². The van der Waals surface area contributed by atoms with E-state index in [9.17, 15) is 18.0 Å². The molecule has 2 saturated carbocycles. The van der Waals surface area contributed by atoms with E-state index in [2.05, 4.69) is 15.6 Å². The van der Waals surface area contributed by atoms with E-state index < -0.39 is 11.9 Å². The molecule has 0 unspecified atom stereocenters. The Bertz CT molecular complexity index is 551. The molecule has 2 aliphatic carbocycles. The lowest BCUT2D eigenvalue weighted by Crippen LogP contribution is -2.44. The molecule has 0 aromatic carbocycles. The zero-order valence-electron chi connectivity index (χ0n) is 11.3. The van der Waals surface area contributed by atoms with Gasteiger partial charge in [0.05, 0.1) is 0 Å². The molecular formula is C14H16F3N3O. The number of hydrogen-bond donors (Lipinski definition) is 2. The second kappa shape index (κ2) is 4.89. The van der Waals surface area contributed by atoms with Crippen LogP contribution in [-0.4, -0.2) is 16.6 Å². The van der Waals surface area contributed by atoms with Crippen molar-refractivity contribution in [2.45, 2.75) is 43.9 Å². The van der Waals surface area contributed by atoms with Gasteiger partial charge in [0, 0.05) is 18.3 Å². The first kappa shape index (κ1) is 14.2. The summed E-state index contributed by atoms with van der Waals surface area (Å²) in [6.07, 6.45) is 0.933.